The highest BCUT2D eigenvalue weighted by Gasteiger charge is 2.44. The number of rotatable bonds is 13. The van der Waals surface area contributed by atoms with E-state index in [9.17, 15) is 0 Å². The number of benzene rings is 25. The lowest BCUT2D eigenvalue weighted by Gasteiger charge is -2.22. The molecule has 0 radical (unpaired) electrons. The standard InChI is InChI=1S/C54H36.2C48H32/c1-4-16-35(17-5-1)40-32-41(36-18-6-2-7-19-36)34-42(33-40)37-28-30-39(31-29-37)49-44-23-11-14-26-47(44)53-52(49)48-27-15-13-25-46(48)51-45-24-12-10-22-43(45)50(54(51)53)38-20-8-3-9-21-38;2*1-3-13-31(14-4-1)36-27-37(32-15-5-2-6-16-32)29-38(28-36)33-23-25-34(26-24-33)45-42-21-11-12-22-43(42)48-46-39-18-8-7-17-35(39)30-44(46)40-19-9-10-20-41(40)47(45)48/h1-34,49-50H;2*1-29,45H,30H2. The van der Waals surface area contributed by atoms with Crippen LogP contribution in [0.3, 0.4) is 0 Å². The largest absolute Gasteiger partial charge is 0.0622 e. The van der Waals surface area contributed by atoms with Crippen molar-refractivity contribution in [2.75, 3.05) is 0 Å². The Morgan fingerprint density at radius 3 is 0.620 bits per heavy atom. The molecule has 6 aliphatic carbocycles. The minimum atomic E-state index is 0.121. The molecule has 0 spiro atoms. The molecule has 0 aromatic heterocycles. The van der Waals surface area contributed by atoms with Gasteiger partial charge in [0.25, 0.3) is 0 Å². The van der Waals surface area contributed by atoms with Gasteiger partial charge in [0.1, 0.15) is 0 Å². The Bertz CT molecular complexity index is 9090. The van der Waals surface area contributed by atoms with Gasteiger partial charge in [0.2, 0.25) is 0 Å². The van der Waals surface area contributed by atoms with Gasteiger partial charge in [0, 0.05) is 23.7 Å². The van der Waals surface area contributed by atoms with E-state index in [0.717, 1.165) is 12.8 Å². The van der Waals surface area contributed by atoms with Crippen LogP contribution in [0.2, 0.25) is 0 Å². The SMILES string of the molecule is c1ccc(-c2cc(-c3ccccc3)cc(-c3ccc(C4c5ccccc5-c5c6c(c7ccccc7c54)-c4ccccc4C6c4ccccc4)cc3)c2)cc1.c1ccc(-c2cc(-c3ccccc3)cc(-c3ccc(C4c5ccccc5-c5c6c(c7ccccc7c54)Cc4ccccc4-6)cc3)c2)cc1.c1ccc(-c2cc(-c3ccccc3)cc(-c3ccc(C4c5ccccc5-c5c6c(c7ccccc7c54)Cc4ccccc4-6)cc3)c2)cc1. The average Bonchev–Trinajstić information content (AvgIpc) is 1.61. The molecule has 0 aliphatic heterocycles. The Hall–Kier alpha value is -18.7. The fraction of sp³-hybridized carbons (Fsp3) is 0.0400. The van der Waals surface area contributed by atoms with E-state index < -0.39 is 0 Å². The van der Waals surface area contributed by atoms with Gasteiger partial charge in [-0.1, -0.05) is 504 Å². The quantitative estimate of drug-likeness (QED) is 0.108. The first-order valence-corrected chi connectivity index (χ1v) is 52.9. The minimum absolute atomic E-state index is 0.121. The number of hydrogen-bond acceptors (Lipinski definition) is 0. The summed E-state index contributed by atoms with van der Waals surface area (Å²) in [6.07, 6.45) is 1.99. The first kappa shape index (κ1) is 87.8. The summed E-state index contributed by atoms with van der Waals surface area (Å²) >= 11 is 0. The second kappa shape index (κ2) is 36.8. The summed E-state index contributed by atoms with van der Waals surface area (Å²) in [6.45, 7) is 0. The smallest absolute Gasteiger partial charge is 0.0358 e. The highest BCUT2D eigenvalue weighted by molar-refractivity contribution is 6.14. The van der Waals surface area contributed by atoms with Crippen LogP contribution in [0.1, 0.15) is 113 Å². The molecule has 0 bridgehead atoms. The molecule has 0 nitrogen and oxygen atoms in total. The molecule has 6 aliphatic rings. The molecule has 0 amide bonds. The van der Waals surface area contributed by atoms with E-state index in [4.69, 9.17) is 0 Å². The molecule has 0 heteroatoms. The predicted molar refractivity (Wildman–Crippen MR) is 629 cm³/mol. The molecule has 4 unspecified atom stereocenters. The highest BCUT2D eigenvalue weighted by atomic mass is 14.5. The third-order valence-electron chi connectivity index (χ3n) is 33.0. The van der Waals surface area contributed by atoms with Crippen LogP contribution in [-0.4, -0.2) is 0 Å². The van der Waals surface area contributed by atoms with Crippen LogP contribution in [0.5, 0.6) is 0 Å². The zero-order valence-electron chi connectivity index (χ0n) is 82.8. The fourth-order valence-electron chi connectivity index (χ4n) is 26.4. The Kier molecular flexibility index (Phi) is 21.5. The monoisotopic (exact) mass is 1900 g/mol. The zero-order valence-corrected chi connectivity index (χ0v) is 82.8. The number of hydrogen-bond donors (Lipinski definition) is 0. The van der Waals surface area contributed by atoms with Gasteiger partial charge in [0.05, 0.1) is 0 Å². The van der Waals surface area contributed by atoms with Crippen molar-refractivity contribution in [2.45, 2.75) is 36.5 Å². The van der Waals surface area contributed by atoms with Crippen molar-refractivity contribution >= 4 is 32.3 Å². The summed E-state index contributed by atoms with van der Waals surface area (Å²) in [6, 6.07) is 207. The van der Waals surface area contributed by atoms with E-state index in [1.165, 1.54) is 288 Å². The lowest BCUT2D eigenvalue weighted by atomic mass is 9.80. The Labute approximate surface area is 876 Å². The van der Waals surface area contributed by atoms with Crippen molar-refractivity contribution in [3.05, 3.63) is 647 Å². The highest BCUT2D eigenvalue weighted by Crippen LogP contribution is 2.64. The van der Waals surface area contributed by atoms with Crippen molar-refractivity contribution in [1.29, 1.82) is 0 Å². The van der Waals surface area contributed by atoms with Crippen LogP contribution < -0.4 is 0 Å². The molecule has 4 atom stereocenters. The summed E-state index contributed by atoms with van der Waals surface area (Å²) < 4.78 is 0. The molecule has 31 rings (SSSR count). The van der Waals surface area contributed by atoms with Gasteiger partial charge in [-0.05, 0) is 356 Å². The summed E-state index contributed by atoms with van der Waals surface area (Å²) in [5, 5.41) is 8.24. The topological polar surface area (TPSA) is 0 Å². The van der Waals surface area contributed by atoms with Gasteiger partial charge in [-0.25, -0.2) is 0 Å². The number of fused-ring (bicyclic) bond motifs is 30. The maximum atomic E-state index is 2.38. The summed E-state index contributed by atoms with van der Waals surface area (Å²) in [5.74, 6) is 0.629. The Balaban J connectivity index is 0.000000106. The molecule has 25 aromatic carbocycles. The van der Waals surface area contributed by atoms with Gasteiger partial charge in [-0.3, -0.25) is 0 Å². The van der Waals surface area contributed by atoms with Crippen molar-refractivity contribution < 1.29 is 0 Å². The van der Waals surface area contributed by atoms with E-state index in [2.05, 4.69) is 558 Å². The van der Waals surface area contributed by atoms with Crippen molar-refractivity contribution in [3.63, 3.8) is 0 Å². The van der Waals surface area contributed by atoms with Gasteiger partial charge < -0.3 is 0 Å². The molecular weight excluding hydrogens is 1800 g/mol. The summed E-state index contributed by atoms with van der Waals surface area (Å²) in [7, 11) is 0. The van der Waals surface area contributed by atoms with Crippen molar-refractivity contribution in [2.24, 2.45) is 0 Å². The van der Waals surface area contributed by atoms with Crippen LogP contribution >= 0.6 is 0 Å². The fourth-order valence-corrected chi connectivity index (χ4v) is 26.4. The minimum Gasteiger partial charge on any atom is -0.0622 e. The first-order chi connectivity index (χ1) is 74.4. The third kappa shape index (κ3) is 14.9. The van der Waals surface area contributed by atoms with Gasteiger partial charge in [-0.15, -0.1) is 0 Å². The maximum Gasteiger partial charge on any atom is 0.0358 e. The average molecular weight is 1900 g/mol. The van der Waals surface area contributed by atoms with E-state index in [0.29, 0.717) is 0 Å². The van der Waals surface area contributed by atoms with Crippen LogP contribution in [0.4, 0.5) is 0 Å². The molecule has 150 heavy (non-hydrogen) atoms. The zero-order chi connectivity index (χ0) is 98.8. The Morgan fingerprint density at radius 2 is 0.320 bits per heavy atom. The lowest BCUT2D eigenvalue weighted by molar-refractivity contribution is 1.00. The van der Waals surface area contributed by atoms with Crippen molar-refractivity contribution in [3.8, 4) is 167 Å². The van der Waals surface area contributed by atoms with Crippen molar-refractivity contribution in [1.82, 2.24) is 0 Å². The van der Waals surface area contributed by atoms with E-state index in [1.54, 1.807) is 0 Å². The molecule has 0 heterocycles. The first-order valence-electron chi connectivity index (χ1n) is 52.9. The molecular formula is C150H100. The van der Waals surface area contributed by atoms with Crippen LogP contribution in [0, 0.1) is 0 Å². The van der Waals surface area contributed by atoms with E-state index >= 15 is 0 Å². The third-order valence-corrected chi connectivity index (χ3v) is 33.0. The summed E-state index contributed by atoms with van der Waals surface area (Å²) in [4.78, 5) is 0. The second-order valence-electron chi connectivity index (χ2n) is 41.1. The molecule has 0 fully saturated rings. The second-order valence-corrected chi connectivity index (χ2v) is 41.1. The lowest BCUT2D eigenvalue weighted by Crippen LogP contribution is -2.04. The predicted octanol–water partition coefficient (Wildman–Crippen LogP) is 39.3. The molecule has 25 aromatic rings. The van der Waals surface area contributed by atoms with E-state index in [-0.39, 0.29) is 23.7 Å². The molecule has 700 valence electrons. The van der Waals surface area contributed by atoms with Gasteiger partial charge >= 0.3 is 0 Å². The normalized spacial score (nSPS) is 14.3. The molecule has 0 saturated carbocycles. The van der Waals surface area contributed by atoms with Crippen LogP contribution in [-0.2, 0) is 12.8 Å². The summed E-state index contributed by atoms with van der Waals surface area (Å²) in [5.41, 5.74) is 61.5. The molecule has 0 saturated heterocycles. The van der Waals surface area contributed by atoms with Gasteiger partial charge in [0.15, 0.2) is 0 Å². The maximum absolute atomic E-state index is 2.38. The van der Waals surface area contributed by atoms with Crippen LogP contribution in [0.25, 0.3) is 199 Å². The van der Waals surface area contributed by atoms with Crippen LogP contribution in [0.15, 0.2) is 558 Å². The van der Waals surface area contributed by atoms with Gasteiger partial charge in [-0.2, -0.15) is 0 Å². The van der Waals surface area contributed by atoms with E-state index in [1.807, 2.05) is 0 Å². The molecule has 0 N–H and O–H groups in total. The Morgan fingerprint density at radius 1 is 0.120 bits per heavy atom.